The first-order valence-corrected chi connectivity index (χ1v) is 8.32. The molecule has 1 N–H and O–H groups in total. The van der Waals surface area contributed by atoms with E-state index in [0.29, 0.717) is 0 Å². The number of para-hydroxylation sites is 1. The van der Waals surface area contributed by atoms with Crippen LogP contribution in [0.25, 0.3) is 5.65 Å². The minimum atomic E-state index is -4.85. The summed E-state index contributed by atoms with van der Waals surface area (Å²) in [5.74, 6) is -1.03. The summed E-state index contributed by atoms with van der Waals surface area (Å²) in [5.41, 5.74) is -0.115. The van der Waals surface area contributed by atoms with Crippen molar-refractivity contribution in [2.24, 2.45) is 0 Å². The Hall–Kier alpha value is -3.81. The van der Waals surface area contributed by atoms with Gasteiger partial charge < -0.3 is 10.1 Å². The predicted octanol–water partition coefficient (Wildman–Crippen LogP) is 2.41. The highest BCUT2D eigenvalue weighted by atomic mass is 19.4. The number of rotatable bonds is 5. The molecule has 0 aliphatic heterocycles. The quantitative estimate of drug-likeness (QED) is 0.703. The molecule has 29 heavy (non-hydrogen) atoms. The second kappa shape index (κ2) is 7.67. The lowest BCUT2D eigenvalue weighted by atomic mass is 10.2. The Morgan fingerprint density at radius 3 is 2.72 bits per heavy atom. The predicted molar refractivity (Wildman–Crippen MR) is 94.1 cm³/mol. The van der Waals surface area contributed by atoms with E-state index >= 15 is 0 Å². The first-order valence-electron chi connectivity index (χ1n) is 8.32. The molecule has 1 amide bonds. The Kier molecular flexibility index (Phi) is 5.27. The molecular formula is C18H14F3N5O3. The lowest BCUT2D eigenvalue weighted by molar-refractivity contribution is -0.274. The van der Waals surface area contributed by atoms with Crippen LogP contribution >= 0.6 is 0 Å². The number of ether oxygens (including phenoxy) is 1. The zero-order chi connectivity index (χ0) is 21.2. The summed E-state index contributed by atoms with van der Waals surface area (Å²) in [4.78, 5) is 24.7. The number of hydrogen-bond donors (Lipinski definition) is 1. The third-order valence-corrected chi connectivity index (χ3v) is 3.99. The van der Waals surface area contributed by atoms with Crippen LogP contribution in [-0.4, -0.2) is 26.5 Å². The maximum Gasteiger partial charge on any atom is 0.573 e. The van der Waals surface area contributed by atoms with Crippen LogP contribution in [0.3, 0.4) is 0 Å². The van der Waals surface area contributed by atoms with Gasteiger partial charge >= 0.3 is 12.1 Å². The third-order valence-electron chi connectivity index (χ3n) is 3.99. The monoisotopic (exact) mass is 405 g/mol. The number of carbonyl (C=O) groups excluding carboxylic acids is 1. The topological polar surface area (TPSA) is 101 Å². The summed E-state index contributed by atoms with van der Waals surface area (Å²) in [6, 6.07) is 9.38. The first-order chi connectivity index (χ1) is 13.7. The minimum Gasteiger partial charge on any atom is -0.405 e. The molecule has 0 aliphatic carbocycles. The molecule has 2 heterocycles. The zero-order valence-electron chi connectivity index (χ0n) is 15.0. The number of nitrogens with one attached hydrogen (secondary N) is 1. The number of hydrogen-bond acceptors (Lipinski definition) is 5. The van der Waals surface area contributed by atoms with Gasteiger partial charge in [-0.1, -0.05) is 18.2 Å². The average Bonchev–Trinajstić information content (AvgIpc) is 3.01. The van der Waals surface area contributed by atoms with Crippen molar-refractivity contribution >= 4 is 11.6 Å². The smallest absolute Gasteiger partial charge is 0.405 e. The van der Waals surface area contributed by atoms with Crippen molar-refractivity contribution in [3.8, 4) is 11.8 Å². The van der Waals surface area contributed by atoms with E-state index in [1.165, 1.54) is 43.5 Å². The Labute approximate surface area is 161 Å². The van der Waals surface area contributed by atoms with Crippen LogP contribution < -0.4 is 15.7 Å². The molecule has 3 rings (SSSR count). The number of nitrogens with zero attached hydrogens (tertiary/aromatic N) is 4. The van der Waals surface area contributed by atoms with Gasteiger partial charge in [-0.15, -0.1) is 18.3 Å². The van der Waals surface area contributed by atoms with Crippen molar-refractivity contribution in [3.63, 3.8) is 0 Å². The van der Waals surface area contributed by atoms with E-state index in [4.69, 9.17) is 5.26 Å². The van der Waals surface area contributed by atoms with Crippen LogP contribution in [0.1, 0.15) is 28.9 Å². The number of fused-ring (bicyclic) bond motifs is 1. The second-order valence-corrected chi connectivity index (χ2v) is 6.02. The van der Waals surface area contributed by atoms with Gasteiger partial charge in [0, 0.05) is 18.3 Å². The summed E-state index contributed by atoms with van der Waals surface area (Å²) >= 11 is 0. The third kappa shape index (κ3) is 4.37. The van der Waals surface area contributed by atoms with E-state index in [1.807, 2.05) is 6.07 Å². The van der Waals surface area contributed by atoms with Crippen LogP contribution in [0, 0.1) is 11.3 Å². The van der Waals surface area contributed by atoms with Crippen LogP contribution in [0.4, 0.5) is 13.2 Å². The minimum absolute atomic E-state index is 0.0954. The van der Waals surface area contributed by atoms with Crippen LogP contribution in [0.2, 0.25) is 0 Å². The highest BCUT2D eigenvalue weighted by Crippen LogP contribution is 2.26. The molecule has 11 heteroatoms. The SMILES string of the molecule is CC(C#N)n1nc2ccc(C(=O)NCc3ccccc3OC(F)(F)F)cn2c1=O. The number of nitriles is 1. The fraction of sp³-hybridized carbons (Fsp3) is 0.222. The van der Waals surface area contributed by atoms with Gasteiger partial charge in [0.1, 0.15) is 11.8 Å². The first kappa shape index (κ1) is 19.9. The summed E-state index contributed by atoms with van der Waals surface area (Å²) in [6.07, 6.45) is -3.61. The van der Waals surface area contributed by atoms with Crippen molar-refractivity contribution in [1.29, 1.82) is 5.26 Å². The summed E-state index contributed by atoms with van der Waals surface area (Å²) in [7, 11) is 0. The van der Waals surface area contributed by atoms with Crippen molar-refractivity contribution in [1.82, 2.24) is 19.5 Å². The van der Waals surface area contributed by atoms with Gasteiger partial charge in [0.05, 0.1) is 11.6 Å². The molecule has 0 spiro atoms. The van der Waals surface area contributed by atoms with Gasteiger partial charge in [-0.05, 0) is 25.1 Å². The van der Waals surface area contributed by atoms with E-state index in [0.717, 1.165) is 15.1 Å². The molecule has 8 nitrogen and oxygen atoms in total. The molecule has 150 valence electrons. The zero-order valence-corrected chi connectivity index (χ0v) is 15.0. The van der Waals surface area contributed by atoms with Crippen molar-refractivity contribution in [2.45, 2.75) is 25.9 Å². The van der Waals surface area contributed by atoms with E-state index in [-0.39, 0.29) is 23.3 Å². The van der Waals surface area contributed by atoms with Crippen molar-refractivity contribution in [3.05, 3.63) is 64.2 Å². The number of alkyl halides is 3. The average molecular weight is 405 g/mol. The fourth-order valence-corrected chi connectivity index (χ4v) is 2.58. The molecule has 3 aromatic rings. The Balaban J connectivity index is 1.80. The van der Waals surface area contributed by atoms with E-state index < -0.39 is 29.8 Å². The fourth-order valence-electron chi connectivity index (χ4n) is 2.58. The highest BCUT2D eigenvalue weighted by Gasteiger charge is 2.32. The largest absolute Gasteiger partial charge is 0.573 e. The maximum atomic E-state index is 12.5. The number of amides is 1. The number of pyridine rings is 1. The molecular weight excluding hydrogens is 391 g/mol. The van der Waals surface area contributed by atoms with Gasteiger partial charge in [-0.25, -0.2) is 9.20 Å². The normalized spacial score (nSPS) is 12.4. The summed E-state index contributed by atoms with van der Waals surface area (Å²) in [6.45, 7) is 1.28. The molecule has 0 fully saturated rings. The van der Waals surface area contributed by atoms with Gasteiger partial charge in [0.25, 0.3) is 5.91 Å². The van der Waals surface area contributed by atoms with Crippen LogP contribution in [0.15, 0.2) is 47.4 Å². The molecule has 2 aromatic heterocycles. The van der Waals surface area contributed by atoms with Crippen LogP contribution in [0.5, 0.6) is 5.75 Å². The molecule has 0 saturated heterocycles. The molecule has 0 bridgehead atoms. The highest BCUT2D eigenvalue weighted by molar-refractivity contribution is 5.94. The number of halogens is 3. The van der Waals surface area contributed by atoms with E-state index in [1.54, 1.807) is 0 Å². The Morgan fingerprint density at radius 2 is 2.03 bits per heavy atom. The molecule has 0 radical (unpaired) electrons. The van der Waals surface area contributed by atoms with Crippen molar-refractivity contribution in [2.75, 3.05) is 0 Å². The standard InChI is InChI=1S/C18H14F3N5O3/c1-11(8-22)26-17(28)25-10-13(6-7-15(25)24-26)16(27)23-9-12-4-2-3-5-14(12)29-18(19,20)21/h2-7,10-11H,9H2,1H3,(H,23,27). The number of benzene rings is 1. The Morgan fingerprint density at radius 1 is 1.31 bits per heavy atom. The van der Waals surface area contributed by atoms with Gasteiger partial charge in [0.15, 0.2) is 5.65 Å². The molecule has 0 saturated carbocycles. The van der Waals surface area contributed by atoms with Crippen LogP contribution in [-0.2, 0) is 6.54 Å². The Bertz CT molecular complexity index is 1160. The van der Waals surface area contributed by atoms with Gasteiger partial charge in [-0.3, -0.25) is 4.79 Å². The second-order valence-electron chi connectivity index (χ2n) is 6.02. The maximum absolute atomic E-state index is 12.5. The van der Waals surface area contributed by atoms with Gasteiger partial charge in [0.2, 0.25) is 0 Å². The summed E-state index contributed by atoms with van der Waals surface area (Å²) < 4.78 is 43.5. The van der Waals surface area contributed by atoms with E-state index in [9.17, 15) is 22.8 Å². The molecule has 1 atom stereocenters. The van der Waals surface area contributed by atoms with Crippen molar-refractivity contribution < 1.29 is 22.7 Å². The lowest BCUT2D eigenvalue weighted by Gasteiger charge is -2.13. The number of aromatic nitrogens is 3. The van der Waals surface area contributed by atoms with Gasteiger partial charge in [-0.2, -0.15) is 9.94 Å². The number of carbonyl (C=O) groups is 1. The molecule has 1 aromatic carbocycles. The van der Waals surface area contributed by atoms with E-state index in [2.05, 4.69) is 15.2 Å². The lowest BCUT2D eigenvalue weighted by Crippen LogP contribution is -2.26. The summed E-state index contributed by atoms with van der Waals surface area (Å²) in [5, 5.41) is 15.4. The molecule has 1 unspecified atom stereocenters. The molecule has 0 aliphatic rings.